The number of nitrogens with zero attached hydrogens (tertiary/aromatic N) is 2. The van der Waals surface area contributed by atoms with E-state index < -0.39 is 0 Å². The number of benzene rings is 2. The van der Waals surface area contributed by atoms with Gasteiger partial charge in [0.25, 0.3) is 0 Å². The van der Waals surface area contributed by atoms with Gasteiger partial charge in [-0.3, -0.25) is 9.36 Å². The van der Waals surface area contributed by atoms with Gasteiger partial charge in [0.05, 0.1) is 5.69 Å². The Morgan fingerprint density at radius 2 is 1.83 bits per heavy atom. The lowest BCUT2D eigenvalue weighted by Gasteiger charge is -2.09. The molecule has 1 aromatic heterocycles. The molecule has 1 N–H and O–H groups in total. The quantitative estimate of drug-likeness (QED) is 0.680. The highest BCUT2D eigenvalue weighted by Gasteiger charge is 2.10. The highest BCUT2D eigenvalue weighted by Crippen LogP contribution is 2.24. The SMILES string of the molecule is CC(=O)N/N=c1\scc(-c2ccc(Br)cc2)n1-c1ccccc1. The van der Waals surface area contributed by atoms with E-state index in [0.717, 1.165) is 21.4 Å². The molecule has 0 aliphatic carbocycles. The molecular weight excluding hydrogens is 374 g/mol. The van der Waals surface area contributed by atoms with Crippen LogP contribution in [0.2, 0.25) is 0 Å². The third-order valence-electron chi connectivity index (χ3n) is 3.17. The number of halogens is 1. The van der Waals surface area contributed by atoms with Gasteiger partial charge in [-0.05, 0) is 29.8 Å². The van der Waals surface area contributed by atoms with Gasteiger partial charge in [-0.1, -0.05) is 46.3 Å². The molecule has 0 unspecified atom stereocenters. The lowest BCUT2D eigenvalue weighted by atomic mass is 10.1. The summed E-state index contributed by atoms with van der Waals surface area (Å²) >= 11 is 4.94. The van der Waals surface area contributed by atoms with Gasteiger partial charge in [0.2, 0.25) is 10.7 Å². The molecule has 0 fully saturated rings. The second kappa shape index (κ2) is 6.93. The van der Waals surface area contributed by atoms with Crippen LogP contribution in [0.3, 0.4) is 0 Å². The average Bonchev–Trinajstić information content (AvgIpc) is 2.98. The summed E-state index contributed by atoms with van der Waals surface area (Å²) in [5.74, 6) is -0.191. The summed E-state index contributed by atoms with van der Waals surface area (Å²) in [6.45, 7) is 1.44. The van der Waals surface area contributed by atoms with Gasteiger partial charge in [-0.15, -0.1) is 16.4 Å². The van der Waals surface area contributed by atoms with E-state index in [4.69, 9.17) is 0 Å². The molecule has 6 heteroatoms. The van der Waals surface area contributed by atoms with Crippen LogP contribution in [0.15, 0.2) is 69.6 Å². The molecule has 116 valence electrons. The van der Waals surface area contributed by atoms with E-state index in [-0.39, 0.29) is 5.91 Å². The third-order valence-corrected chi connectivity index (χ3v) is 4.53. The van der Waals surface area contributed by atoms with Crippen molar-refractivity contribution in [2.45, 2.75) is 6.92 Å². The van der Waals surface area contributed by atoms with E-state index in [1.165, 1.54) is 18.3 Å². The van der Waals surface area contributed by atoms with E-state index in [1.807, 2.05) is 64.5 Å². The predicted molar refractivity (Wildman–Crippen MR) is 96.2 cm³/mol. The molecule has 0 radical (unpaired) electrons. The van der Waals surface area contributed by atoms with E-state index >= 15 is 0 Å². The molecule has 23 heavy (non-hydrogen) atoms. The Kier molecular flexibility index (Phi) is 4.73. The Morgan fingerprint density at radius 3 is 2.48 bits per heavy atom. The number of aromatic nitrogens is 1. The zero-order chi connectivity index (χ0) is 16.2. The third kappa shape index (κ3) is 3.60. The Morgan fingerprint density at radius 1 is 1.13 bits per heavy atom. The molecule has 2 aromatic carbocycles. The average molecular weight is 388 g/mol. The van der Waals surface area contributed by atoms with Crippen molar-refractivity contribution in [3.8, 4) is 16.9 Å². The fourth-order valence-electron chi connectivity index (χ4n) is 2.16. The van der Waals surface area contributed by atoms with Crippen LogP contribution in [-0.4, -0.2) is 10.5 Å². The van der Waals surface area contributed by atoms with Crippen molar-refractivity contribution in [2.75, 3.05) is 0 Å². The topological polar surface area (TPSA) is 46.4 Å². The molecular formula is C17H14BrN3OS. The maximum absolute atomic E-state index is 11.2. The van der Waals surface area contributed by atoms with Gasteiger partial charge < -0.3 is 0 Å². The number of nitrogens with one attached hydrogen (secondary N) is 1. The summed E-state index contributed by atoms with van der Waals surface area (Å²) in [7, 11) is 0. The molecule has 1 amide bonds. The van der Waals surface area contributed by atoms with Gasteiger partial charge in [0.15, 0.2) is 0 Å². The summed E-state index contributed by atoms with van der Waals surface area (Å²) in [6.07, 6.45) is 0. The van der Waals surface area contributed by atoms with Gasteiger partial charge in [0, 0.05) is 22.5 Å². The van der Waals surface area contributed by atoms with Crippen molar-refractivity contribution in [1.82, 2.24) is 9.99 Å². The first kappa shape index (κ1) is 15.7. The lowest BCUT2D eigenvalue weighted by Crippen LogP contribution is -2.21. The Hall–Kier alpha value is -2.18. The molecule has 0 atom stereocenters. The largest absolute Gasteiger partial charge is 0.284 e. The van der Waals surface area contributed by atoms with Gasteiger partial charge in [-0.25, -0.2) is 5.43 Å². The molecule has 0 aliphatic rings. The maximum Gasteiger partial charge on any atom is 0.237 e. The Bertz CT molecular complexity index is 882. The Labute approximate surface area is 146 Å². The monoisotopic (exact) mass is 387 g/mol. The molecule has 3 aromatic rings. The summed E-state index contributed by atoms with van der Waals surface area (Å²) in [4.78, 5) is 11.9. The normalized spacial score (nSPS) is 11.5. The lowest BCUT2D eigenvalue weighted by molar-refractivity contribution is -0.119. The highest BCUT2D eigenvalue weighted by molar-refractivity contribution is 9.10. The van der Waals surface area contributed by atoms with Crippen LogP contribution in [0, 0.1) is 0 Å². The molecule has 1 heterocycles. The number of amides is 1. The predicted octanol–water partition coefficient (Wildman–Crippen LogP) is 3.92. The van der Waals surface area contributed by atoms with Crippen LogP contribution in [0.25, 0.3) is 16.9 Å². The minimum Gasteiger partial charge on any atom is -0.284 e. The van der Waals surface area contributed by atoms with Crippen LogP contribution >= 0.6 is 27.3 Å². The second-order valence-corrected chi connectivity index (χ2v) is 6.61. The molecule has 0 spiro atoms. The van der Waals surface area contributed by atoms with Crippen molar-refractivity contribution in [1.29, 1.82) is 0 Å². The summed E-state index contributed by atoms with van der Waals surface area (Å²) < 4.78 is 3.06. The van der Waals surface area contributed by atoms with Crippen LogP contribution < -0.4 is 10.2 Å². The molecule has 4 nitrogen and oxygen atoms in total. The first-order chi connectivity index (χ1) is 11.1. The number of thiazole rings is 1. The summed E-state index contributed by atoms with van der Waals surface area (Å²) in [5, 5.41) is 6.26. The van der Waals surface area contributed by atoms with Gasteiger partial charge in [0.1, 0.15) is 0 Å². The van der Waals surface area contributed by atoms with E-state index in [2.05, 4.69) is 26.5 Å². The summed E-state index contributed by atoms with van der Waals surface area (Å²) in [6, 6.07) is 18.1. The summed E-state index contributed by atoms with van der Waals surface area (Å²) in [5.41, 5.74) is 5.62. The minimum absolute atomic E-state index is 0.191. The van der Waals surface area contributed by atoms with Crippen molar-refractivity contribution >= 4 is 33.2 Å². The number of carbonyl (C=O) groups excluding carboxylic acids is 1. The Balaban J connectivity index is 2.19. The van der Waals surface area contributed by atoms with Gasteiger partial charge in [-0.2, -0.15) is 0 Å². The number of carbonyl (C=O) groups is 1. The number of hydrogen-bond acceptors (Lipinski definition) is 3. The first-order valence-electron chi connectivity index (χ1n) is 6.97. The zero-order valence-electron chi connectivity index (χ0n) is 12.4. The number of hydrogen-bond donors (Lipinski definition) is 1. The van der Waals surface area contributed by atoms with Crippen LogP contribution in [0.1, 0.15) is 6.92 Å². The van der Waals surface area contributed by atoms with Crippen LogP contribution in [0.4, 0.5) is 0 Å². The van der Waals surface area contributed by atoms with E-state index in [1.54, 1.807) is 0 Å². The zero-order valence-corrected chi connectivity index (χ0v) is 14.8. The van der Waals surface area contributed by atoms with Crippen molar-refractivity contribution in [2.24, 2.45) is 5.10 Å². The first-order valence-corrected chi connectivity index (χ1v) is 8.64. The van der Waals surface area contributed by atoms with E-state index in [9.17, 15) is 4.79 Å². The van der Waals surface area contributed by atoms with E-state index in [0.29, 0.717) is 4.80 Å². The fourth-order valence-corrected chi connectivity index (χ4v) is 3.29. The smallest absolute Gasteiger partial charge is 0.237 e. The molecule has 0 saturated heterocycles. The number of rotatable bonds is 3. The van der Waals surface area contributed by atoms with Crippen LogP contribution in [0.5, 0.6) is 0 Å². The fraction of sp³-hybridized carbons (Fsp3) is 0.0588. The molecule has 3 rings (SSSR count). The standard InChI is InChI=1S/C17H14BrN3OS/c1-12(22)19-20-17-21(15-5-3-2-4-6-15)16(11-23-17)13-7-9-14(18)10-8-13/h2-11H,1H3,(H,19,22)/b20-17-. The van der Waals surface area contributed by atoms with Crippen molar-refractivity contribution in [3.63, 3.8) is 0 Å². The van der Waals surface area contributed by atoms with Crippen molar-refractivity contribution < 1.29 is 4.79 Å². The maximum atomic E-state index is 11.2. The van der Waals surface area contributed by atoms with Gasteiger partial charge >= 0.3 is 0 Å². The molecule has 0 saturated carbocycles. The van der Waals surface area contributed by atoms with Crippen molar-refractivity contribution in [3.05, 3.63) is 69.3 Å². The minimum atomic E-state index is -0.191. The number of para-hydroxylation sites is 1. The second-order valence-electron chi connectivity index (χ2n) is 4.86. The molecule has 0 bridgehead atoms. The van der Waals surface area contributed by atoms with Crippen LogP contribution in [-0.2, 0) is 4.79 Å². The molecule has 0 aliphatic heterocycles. The highest BCUT2D eigenvalue weighted by atomic mass is 79.9.